The molecule has 29 heavy (non-hydrogen) atoms. The third-order valence-electron chi connectivity index (χ3n) is 4.20. The Labute approximate surface area is 169 Å². The number of Topliss-reactive ketones (excluding diaryl/α,β-unsaturated/α-hetero) is 1. The zero-order valence-corrected chi connectivity index (χ0v) is 16.5. The highest BCUT2D eigenvalue weighted by atomic mass is 32.2. The largest absolute Gasteiger partial charge is 0.858 e. The predicted molar refractivity (Wildman–Crippen MR) is 110 cm³/mol. The van der Waals surface area contributed by atoms with Crippen molar-refractivity contribution in [3.05, 3.63) is 95.6 Å². The van der Waals surface area contributed by atoms with Crippen molar-refractivity contribution in [3.8, 4) is 0 Å². The van der Waals surface area contributed by atoms with Crippen molar-refractivity contribution in [3.63, 3.8) is 0 Å². The van der Waals surface area contributed by atoms with Crippen LogP contribution in [0, 0.1) is 0 Å². The molecule has 6 nitrogen and oxygen atoms in total. The van der Waals surface area contributed by atoms with Gasteiger partial charge in [0.2, 0.25) is 0 Å². The van der Waals surface area contributed by atoms with Gasteiger partial charge >= 0.3 is 0 Å². The van der Waals surface area contributed by atoms with Crippen LogP contribution in [0.2, 0.25) is 0 Å². The molecule has 148 valence electrons. The molecule has 0 aromatic heterocycles. The van der Waals surface area contributed by atoms with E-state index in [1.807, 2.05) is 30.3 Å². The highest BCUT2D eigenvalue weighted by molar-refractivity contribution is 7.92. The van der Waals surface area contributed by atoms with Gasteiger partial charge < -0.3 is 5.11 Å². The Morgan fingerprint density at radius 3 is 2.38 bits per heavy atom. The van der Waals surface area contributed by atoms with Crippen molar-refractivity contribution >= 4 is 27.4 Å². The molecule has 0 aliphatic carbocycles. The first-order valence-corrected chi connectivity index (χ1v) is 10.3. The number of para-hydroxylation sites is 1. The van der Waals surface area contributed by atoms with E-state index in [2.05, 4.69) is 9.71 Å². The number of sulfonamides is 1. The van der Waals surface area contributed by atoms with Crippen LogP contribution < -0.4 is 9.83 Å². The molecule has 0 unspecified atom stereocenters. The summed E-state index contributed by atoms with van der Waals surface area (Å²) in [5, 5.41) is 12.6. The number of nitrogens with zero attached hydrogens (tertiary/aromatic N) is 1. The monoisotopic (exact) mass is 407 g/mol. The maximum Gasteiger partial charge on any atom is 0.261 e. The molecule has 7 heteroatoms. The summed E-state index contributed by atoms with van der Waals surface area (Å²) in [5.41, 5.74) is 1.44. The van der Waals surface area contributed by atoms with Crippen molar-refractivity contribution < 1.29 is 18.3 Å². The molecule has 0 radical (unpaired) electrons. The van der Waals surface area contributed by atoms with Crippen LogP contribution in [0.15, 0.2) is 88.8 Å². The molecule has 1 N–H and O–H groups in total. The summed E-state index contributed by atoms with van der Waals surface area (Å²) in [5.74, 6) is -0.762. The third-order valence-corrected chi connectivity index (χ3v) is 5.56. The number of hydrogen-bond donors (Lipinski definition) is 1. The molecular formula is C22H19N2O4S-. The van der Waals surface area contributed by atoms with E-state index in [4.69, 9.17) is 0 Å². The predicted octanol–water partition coefficient (Wildman–Crippen LogP) is 3.00. The molecule has 0 amide bonds. The molecule has 3 aromatic rings. The zero-order chi connectivity index (χ0) is 20.9. The van der Waals surface area contributed by atoms with Crippen molar-refractivity contribution in [2.75, 3.05) is 4.72 Å². The highest BCUT2D eigenvalue weighted by Crippen LogP contribution is 2.21. The number of anilines is 1. The molecule has 0 spiro atoms. The summed E-state index contributed by atoms with van der Waals surface area (Å²) in [6, 6.07) is 21.3. The quantitative estimate of drug-likeness (QED) is 0.370. The SMILES string of the molecule is CC(=O)c1cccc(S(=O)(=O)Nc2ccccc2C([O-])=NCc2ccccc2)c1. The van der Waals surface area contributed by atoms with Gasteiger partial charge in [-0.05, 0) is 36.6 Å². The fourth-order valence-corrected chi connectivity index (χ4v) is 3.80. The fraction of sp³-hybridized carbons (Fsp3) is 0.0909. The van der Waals surface area contributed by atoms with Gasteiger partial charge in [-0.1, -0.05) is 60.7 Å². The van der Waals surface area contributed by atoms with Crippen LogP contribution in [0.25, 0.3) is 0 Å². The Bertz CT molecular complexity index is 1160. The van der Waals surface area contributed by atoms with Crippen LogP contribution >= 0.6 is 0 Å². The number of carbonyl (C=O) groups is 1. The lowest BCUT2D eigenvalue weighted by atomic mass is 10.2. The van der Waals surface area contributed by atoms with Crippen molar-refractivity contribution in [2.24, 2.45) is 4.99 Å². The van der Waals surface area contributed by atoms with Gasteiger partial charge in [0.1, 0.15) is 0 Å². The lowest BCUT2D eigenvalue weighted by Crippen LogP contribution is -2.23. The maximum absolute atomic E-state index is 12.8. The molecule has 0 aliphatic heterocycles. The normalized spacial score (nSPS) is 11.8. The summed E-state index contributed by atoms with van der Waals surface area (Å²) in [6.07, 6.45) is 0. The van der Waals surface area contributed by atoms with Crippen LogP contribution in [-0.2, 0) is 16.6 Å². The molecule has 0 atom stereocenters. The van der Waals surface area contributed by atoms with E-state index < -0.39 is 15.9 Å². The van der Waals surface area contributed by atoms with E-state index in [0.717, 1.165) is 5.56 Å². The second-order valence-corrected chi connectivity index (χ2v) is 8.02. The fourth-order valence-electron chi connectivity index (χ4n) is 2.68. The second-order valence-electron chi connectivity index (χ2n) is 6.34. The average Bonchev–Trinajstić information content (AvgIpc) is 2.73. The summed E-state index contributed by atoms with van der Waals surface area (Å²) in [6.45, 7) is 1.56. The molecule has 3 aromatic carbocycles. The van der Waals surface area contributed by atoms with Crippen molar-refractivity contribution in [1.82, 2.24) is 0 Å². The molecule has 0 bridgehead atoms. The van der Waals surface area contributed by atoms with Gasteiger partial charge in [0.15, 0.2) is 5.78 Å². The van der Waals surface area contributed by atoms with Crippen LogP contribution in [0.4, 0.5) is 5.69 Å². The van der Waals surface area contributed by atoms with Crippen LogP contribution in [-0.4, -0.2) is 20.1 Å². The number of benzene rings is 3. The molecule has 0 fully saturated rings. The second kappa shape index (κ2) is 8.70. The Balaban J connectivity index is 1.88. The molecule has 0 saturated heterocycles. The average molecular weight is 407 g/mol. The summed E-state index contributed by atoms with van der Waals surface area (Å²) < 4.78 is 28.0. The minimum atomic E-state index is -3.99. The van der Waals surface area contributed by atoms with E-state index in [9.17, 15) is 18.3 Å². The summed E-state index contributed by atoms with van der Waals surface area (Å²) >= 11 is 0. The lowest BCUT2D eigenvalue weighted by Gasteiger charge is -2.17. The van der Waals surface area contributed by atoms with E-state index in [1.54, 1.807) is 18.2 Å². The number of carbonyl (C=O) groups excluding carboxylic acids is 1. The minimum Gasteiger partial charge on any atom is -0.858 e. The number of hydrogen-bond acceptors (Lipinski definition) is 5. The van der Waals surface area contributed by atoms with Gasteiger partial charge in [0, 0.05) is 11.1 Å². The maximum atomic E-state index is 12.8. The zero-order valence-electron chi connectivity index (χ0n) is 15.7. The smallest absolute Gasteiger partial charge is 0.261 e. The van der Waals surface area contributed by atoms with Crippen LogP contribution in [0.1, 0.15) is 28.4 Å². The first kappa shape index (κ1) is 20.3. The Morgan fingerprint density at radius 1 is 0.966 bits per heavy atom. The number of nitrogens with one attached hydrogen (secondary N) is 1. The number of rotatable bonds is 7. The topological polar surface area (TPSA) is 98.7 Å². The summed E-state index contributed by atoms with van der Waals surface area (Å²) in [7, 11) is -3.99. The Kier molecular flexibility index (Phi) is 6.09. The van der Waals surface area contributed by atoms with E-state index >= 15 is 0 Å². The van der Waals surface area contributed by atoms with Gasteiger partial charge in [-0.2, -0.15) is 0 Å². The van der Waals surface area contributed by atoms with Gasteiger partial charge in [-0.3, -0.25) is 14.5 Å². The molecular weight excluding hydrogens is 388 g/mol. The Morgan fingerprint density at radius 2 is 1.66 bits per heavy atom. The van der Waals surface area contributed by atoms with Gasteiger partial charge in [0.05, 0.1) is 17.1 Å². The van der Waals surface area contributed by atoms with Crippen LogP contribution in [0.3, 0.4) is 0 Å². The molecule has 0 heterocycles. The van der Waals surface area contributed by atoms with E-state index in [1.165, 1.54) is 37.3 Å². The van der Waals surface area contributed by atoms with Crippen molar-refractivity contribution in [1.29, 1.82) is 0 Å². The Hall–Kier alpha value is -3.45. The molecule has 3 rings (SSSR count). The lowest BCUT2D eigenvalue weighted by molar-refractivity contribution is -0.213. The number of aliphatic imine (C=N–C) groups is 1. The van der Waals surface area contributed by atoms with Gasteiger partial charge in [-0.15, -0.1) is 0 Å². The standard InChI is InChI=1S/C22H20N2O4S/c1-16(25)18-10-7-11-19(14-18)29(27,28)24-21-13-6-5-12-20(21)22(26)23-15-17-8-3-2-4-9-17/h2-14,24H,15H2,1H3,(H,23,26)/p-1. The number of ketones is 1. The highest BCUT2D eigenvalue weighted by Gasteiger charge is 2.17. The van der Waals surface area contributed by atoms with E-state index in [-0.39, 0.29) is 34.0 Å². The summed E-state index contributed by atoms with van der Waals surface area (Å²) in [4.78, 5) is 15.5. The first-order valence-electron chi connectivity index (χ1n) is 8.85. The van der Waals surface area contributed by atoms with E-state index in [0.29, 0.717) is 0 Å². The molecule has 0 aliphatic rings. The minimum absolute atomic E-state index is 0.0614. The first-order chi connectivity index (χ1) is 13.9. The third kappa shape index (κ3) is 5.08. The van der Waals surface area contributed by atoms with Gasteiger partial charge in [0.25, 0.3) is 10.0 Å². The molecule has 0 saturated carbocycles. The van der Waals surface area contributed by atoms with Gasteiger partial charge in [-0.25, -0.2) is 8.42 Å². The van der Waals surface area contributed by atoms with Crippen molar-refractivity contribution in [2.45, 2.75) is 18.4 Å². The van der Waals surface area contributed by atoms with Crippen LogP contribution in [0.5, 0.6) is 0 Å².